The van der Waals surface area contributed by atoms with E-state index < -0.39 is 0 Å². The molecule has 0 atom stereocenters. The number of nitrogens with zero attached hydrogens (tertiary/aromatic N) is 2. The summed E-state index contributed by atoms with van der Waals surface area (Å²) in [5.74, 6) is -0.327. The van der Waals surface area contributed by atoms with E-state index in [-0.39, 0.29) is 5.97 Å². The third-order valence-corrected chi connectivity index (χ3v) is 5.44. The largest absolute Gasteiger partial charge is 0.465 e. The summed E-state index contributed by atoms with van der Waals surface area (Å²) in [6.45, 7) is 0.730. The lowest BCUT2D eigenvalue weighted by Crippen LogP contribution is -2.03. The van der Waals surface area contributed by atoms with E-state index >= 15 is 0 Å². The van der Waals surface area contributed by atoms with Crippen LogP contribution in [0.1, 0.15) is 15.9 Å². The maximum absolute atomic E-state index is 12.1. The monoisotopic (exact) mass is 392 g/mol. The van der Waals surface area contributed by atoms with Crippen LogP contribution in [0.4, 0.5) is 0 Å². The quantitative estimate of drug-likeness (QED) is 0.369. The molecule has 0 N–H and O–H groups in total. The van der Waals surface area contributed by atoms with Gasteiger partial charge in [0.1, 0.15) is 0 Å². The predicted octanol–water partition coefficient (Wildman–Crippen LogP) is 5.69. The van der Waals surface area contributed by atoms with Crippen LogP contribution in [0.3, 0.4) is 0 Å². The number of imidazole rings is 1. The van der Waals surface area contributed by atoms with Crippen molar-refractivity contribution in [3.05, 3.63) is 102 Å². The Morgan fingerprint density at radius 1 is 0.900 bits per heavy atom. The summed E-state index contributed by atoms with van der Waals surface area (Å²) in [5, 5.41) is 2.41. The van der Waals surface area contributed by atoms with Gasteiger partial charge >= 0.3 is 5.97 Å². The van der Waals surface area contributed by atoms with Crippen molar-refractivity contribution in [1.29, 1.82) is 0 Å². The van der Waals surface area contributed by atoms with Crippen molar-refractivity contribution in [1.82, 2.24) is 9.55 Å². The Hall–Kier alpha value is -3.92. The van der Waals surface area contributed by atoms with Crippen LogP contribution in [-0.2, 0) is 11.3 Å². The fourth-order valence-corrected chi connectivity index (χ4v) is 3.88. The molecule has 0 aliphatic rings. The van der Waals surface area contributed by atoms with E-state index in [1.165, 1.54) is 23.4 Å². The van der Waals surface area contributed by atoms with Crippen LogP contribution in [0.2, 0.25) is 0 Å². The van der Waals surface area contributed by atoms with Gasteiger partial charge in [0, 0.05) is 6.54 Å². The first-order valence-corrected chi connectivity index (χ1v) is 9.83. The maximum Gasteiger partial charge on any atom is 0.338 e. The first kappa shape index (κ1) is 18.1. The number of benzene rings is 4. The van der Waals surface area contributed by atoms with Crippen LogP contribution in [0.5, 0.6) is 0 Å². The number of fused-ring (bicyclic) bond motifs is 2. The van der Waals surface area contributed by atoms with Gasteiger partial charge in [0.25, 0.3) is 0 Å². The van der Waals surface area contributed by atoms with E-state index in [0.717, 1.165) is 28.7 Å². The summed E-state index contributed by atoms with van der Waals surface area (Å²) in [7, 11) is 1.40. The van der Waals surface area contributed by atoms with Crippen molar-refractivity contribution in [3.63, 3.8) is 0 Å². The van der Waals surface area contributed by atoms with Crippen molar-refractivity contribution in [3.8, 4) is 11.1 Å². The molecule has 0 spiro atoms. The van der Waals surface area contributed by atoms with Gasteiger partial charge in [-0.25, -0.2) is 9.78 Å². The third kappa shape index (κ3) is 3.22. The van der Waals surface area contributed by atoms with E-state index in [1.807, 2.05) is 42.7 Å². The Kier molecular flexibility index (Phi) is 4.52. The number of hydrogen-bond acceptors (Lipinski definition) is 3. The molecule has 0 amide bonds. The van der Waals surface area contributed by atoms with Gasteiger partial charge in [-0.3, -0.25) is 0 Å². The summed E-state index contributed by atoms with van der Waals surface area (Å²) in [4.78, 5) is 16.7. The van der Waals surface area contributed by atoms with Crippen LogP contribution >= 0.6 is 0 Å². The molecule has 1 aromatic heterocycles. The molecule has 1 heterocycles. The predicted molar refractivity (Wildman–Crippen MR) is 120 cm³/mol. The molecule has 4 heteroatoms. The van der Waals surface area contributed by atoms with Gasteiger partial charge in [-0.1, -0.05) is 66.7 Å². The Bertz CT molecular complexity index is 1370. The number of rotatable bonds is 4. The average molecular weight is 392 g/mol. The third-order valence-electron chi connectivity index (χ3n) is 5.44. The fourth-order valence-electron chi connectivity index (χ4n) is 3.88. The number of esters is 1. The molecule has 4 nitrogen and oxygen atoms in total. The van der Waals surface area contributed by atoms with Gasteiger partial charge < -0.3 is 9.30 Å². The minimum atomic E-state index is -0.327. The first-order chi connectivity index (χ1) is 14.7. The zero-order valence-electron chi connectivity index (χ0n) is 16.6. The zero-order chi connectivity index (χ0) is 20.5. The molecule has 0 saturated carbocycles. The lowest BCUT2D eigenvalue weighted by Gasteiger charge is -2.10. The van der Waals surface area contributed by atoms with Gasteiger partial charge in [-0.05, 0) is 45.7 Å². The van der Waals surface area contributed by atoms with Gasteiger partial charge in [0.2, 0.25) is 0 Å². The summed E-state index contributed by atoms with van der Waals surface area (Å²) in [6, 6.07) is 28.4. The molecule has 0 bridgehead atoms. The number of aromatic nitrogens is 2. The average Bonchev–Trinajstić information content (AvgIpc) is 3.19. The minimum Gasteiger partial charge on any atom is -0.465 e. The molecule has 0 aliphatic heterocycles. The second-order valence-electron chi connectivity index (χ2n) is 7.29. The number of carbonyl (C=O) groups is 1. The standard InChI is InChI=1S/C26H20N2O2/c1-30-26(29)23-9-5-4-8-22(23)19-12-10-18(11-13-19)16-28-17-27-24-14-20-6-2-3-7-21(20)15-25(24)28/h2-15,17H,16H2,1H3. The molecule has 5 aromatic rings. The highest BCUT2D eigenvalue weighted by atomic mass is 16.5. The number of ether oxygens (including phenoxy) is 1. The minimum absolute atomic E-state index is 0.327. The fraction of sp³-hybridized carbons (Fsp3) is 0.0769. The van der Waals surface area contributed by atoms with Crippen molar-refractivity contribution in [2.45, 2.75) is 6.54 Å². The molecule has 5 rings (SSSR count). The van der Waals surface area contributed by atoms with Gasteiger partial charge in [-0.15, -0.1) is 0 Å². The zero-order valence-corrected chi connectivity index (χ0v) is 16.6. The normalized spacial score (nSPS) is 11.1. The topological polar surface area (TPSA) is 44.1 Å². The molecule has 0 aliphatic carbocycles. The van der Waals surface area contributed by atoms with Gasteiger partial charge in [-0.2, -0.15) is 0 Å². The molecular weight excluding hydrogens is 372 g/mol. The summed E-state index contributed by atoms with van der Waals surface area (Å²) in [5.41, 5.74) is 5.71. The SMILES string of the molecule is COC(=O)c1ccccc1-c1ccc(Cn2cnc3cc4ccccc4cc32)cc1. The molecule has 0 radical (unpaired) electrons. The highest BCUT2D eigenvalue weighted by Crippen LogP contribution is 2.26. The highest BCUT2D eigenvalue weighted by Gasteiger charge is 2.12. The van der Waals surface area contributed by atoms with Crippen molar-refractivity contribution >= 4 is 27.8 Å². The van der Waals surface area contributed by atoms with Gasteiger partial charge in [0.15, 0.2) is 0 Å². The molecule has 4 aromatic carbocycles. The number of hydrogen-bond donors (Lipinski definition) is 0. The van der Waals surface area contributed by atoms with Crippen LogP contribution < -0.4 is 0 Å². The number of methoxy groups -OCH3 is 1. The second-order valence-corrected chi connectivity index (χ2v) is 7.29. The van der Waals surface area contributed by atoms with Crippen LogP contribution in [0.15, 0.2) is 91.3 Å². The van der Waals surface area contributed by atoms with E-state index in [1.54, 1.807) is 6.07 Å². The molecule has 0 saturated heterocycles. The Morgan fingerprint density at radius 3 is 2.37 bits per heavy atom. The second kappa shape index (κ2) is 7.48. The molecule has 0 unspecified atom stereocenters. The Labute approximate surface area is 174 Å². The highest BCUT2D eigenvalue weighted by molar-refractivity contribution is 5.97. The first-order valence-electron chi connectivity index (χ1n) is 9.83. The molecule has 0 fully saturated rings. The van der Waals surface area contributed by atoms with E-state index in [9.17, 15) is 4.79 Å². The Balaban J connectivity index is 1.46. The lowest BCUT2D eigenvalue weighted by atomic mass is 9.98. The molecule has 146 valence electrons. The van der Waals surface area contributed by atoms with Crippen molar-refractivity contribution in [2.75, 3.05) is 7.11 Å². The van der Waals surface area contributed by atoms with Crippen molar-refractivity contribution in [2.24, 2.45) is 0 Å². The van der Waals surface area contributed by atoms with Crippen LogP contribution in [-0.4, -0.2) is 22.6 Å². The van der Waals surface area contributed by atoms with E-state index in [4.69, 9.17) is 4.74 Å². The summed E-state index contributed by atoms with van der Waals surface area (Å²) < 4.78 is 7.08. The smallest absolute Gasteiger partial charge is 0.338 e. The van der Waals surface area contributed by atoms with Crippen LogP contribution in [0.25, 0.3) is 32.9 Å². The van der Waals surface area contributed by atoms with Crippen LogP contribution in [0, 0.1) is 0 Å². The Morgan fingerprint density at radius 2 is 1.60 bits per heavy atom. The number of carbonyl (C=O) groups excluding carboxylic acids is 1. The van der Waals surface area contributed by atoms with E-state index in [0.29, 0.717) is 5.56 Å². The molecular formula is C26H20N2O2. The lowest BCUT2D eigenvalue weighted by molar-refractivity contribution is 0.0601. The van der Waals surface area contributed by atoms with E-state index in [2.05, 4.69) is 52.0 Å². The van der Waals surface area contributed by atoms with Gasteiger partial charge in [0.05, 0.1) is 30.0 Å². The summed E-state index contributed by atoms with van der Waals surface area (Å²) >= 11 is 0. The maximum atomic E-state index is 12.1. The molecule has 30 heavy (non-hydrogen) atoms. The summed E-state index contributed by atoms with van der Waals surface area (Å²) in [6.07, 6.45) is 1.89. The van der Waals surface area contributed by atoms with Crippen molar-refractivity contribution < 1.29 is 9.53 Å².